The maximum atomic E-state index is 4.07. The van der Waals surface area contributed by atoms with Crippen LogP contribution < -0.4 is 11.0 Å². The summed E-state index contributed by atoms with van der Waals surface area (Å²) in [5, 5.41) is 7.82. The molecule has 0 saturated carbocycles. The molecular weight excluding hydrogens is 200 g/mol. The number of hydrogen-bond donors (Lipinski definition) is 2. The van der Waals surface area contributed by atoms with Crippen molar-refractivity contribution in [2.24, 2.45) is 10.3 Å². The maximum Gasteiger partial charge on any atom is 0.0951 e. The Balaban J connectivity index is 0.00000106. The van der Waals surface area contributed by atoms with Crippen molar-refractivity contribution in [2.75, 3.05) is 7.05 Å². The number of hydrogen-bond acceptors (Lipinski definition) is 3. The molecule has 0 radical (unpaired) electrons. The molecule has 1 aromatic rings. The minimum atomic E-state index is 0.0800. The standard InChI is InChI=1S/C10H16N4.C2H6/c1-8-4-6-10(7-5-8)9(2)12-14-13-11-3;1-2/h4-7,9H,1-3H3,(H,11,14)(H,12,13);1-2H3. The van der Waals surface area contributed by atoms with E-state index in [1.54, 1.807) is 7.05 Å². The van der Waals surface area contributed by atoms with Gasteiger partial charge in [0.2, 0.25) is 0 Å². The van der Waals surface area contributed by atoms with E-state index in [0.29, 0.717) is 0 Å². The molecule has 0 aliphatic rings. The Bertz CT molecular complexity index is 292. The molecule has 0 aromatic heterocycles. The molecule has 0 amide bonds. The topological polar surface area (TPSA) is 48.8 Å². The summed E-state index contributed by atoms with van der Waals surface area (Å²) in [4.78, 5) is 0. The van der Waals surface area contributed by atoms with Crippen LogP contribution in [0.5, 0.6) is 0 Å². The van der Waals surface area contributed by atoms with Gasteiger partial charge >= 0.3 is 0 Å². The largest absolute Gasteiger partial charge is 0.225 e. The smallest absolute Gasteiger partial charge is 0.0951 e. The first-order valence-electron chi connectivity index (χ1n) is 5.62. The lowest BCUT2D eigenvalue weighted by molar-refractivity contribution is 0.562. The van der Waals surface area contributed by atoms with Gasteiger partial charge in [0.25, 0.3) is 0 Å². The van der Waals surface area contributed by atoms with Gasteiger partial charge in [-0.3, -0.25) is 0 Å². The van der Waals surface area contributed by atoms with E-state index in [-0.39, 0.29) is 6.04 Å². The van der Waals surface area contributed by atoms with Gasteiger partial charge in [-0.1, -0.05) is 48.9 Å². The van der Waals surface area contributed by atoms with E-state index in [2.05, 4.69) is 52.5 Å². The van der Waals surface area contributed by atoms with Crippen molar-refractivity contribution in [3.8, 4) is 0 Å². The first-order chi connectivity index (χ1) is 7.74. The van der Waals surface area contributed by atoms with E-state index >= 15 is 0 Å². The Hall–Kier alpha value is -1.42. The highest BCUT2D eigenvalue weighted by Crippen LogP contribution is 2.16. The zero-order valence-electron chi connectivity index (χ0n) is 10.8. The minimum absolute atomic E-state index is 0.0800. The van der Waals surface area contributed by atoms with Gasteiger partial charge in [-0.2, -0.15) is 5.11 Å². The predicted octanol–water partition coefficient (Wildman–Crippen LogP) is 3.17. The minimum Gasteiger partial charge on any atom is -0.225 e. The molecule has 0 saturated heterocycles. The molecule has 4 heteroatoms. The van der Waals surface area contributed by atoms with Crippen molar-refractivity contribution in [3.63, 3.8) is 0 Å². The SMILES string of the molecule is CC.CNNN=NC(C)c1ccc(C)cc1. The van der Waals surface area contributed by atoms with Gasteiger partial charge < -0.3 is 0 Å². The summed E-state index contributed by atoms with van der Waals surface area (Å²) in [7, 11) is 1.75. The molecule has 90 valence electrons. The van der Waals surface area contributed by atoms with Gasteiger partial charge in [0.05, 0.1) is 6.04 Å². The van der Waals surface area contributed by atoms with Crippen molar-refractivity contribution < 1.29 is 0 Å². The highest BCUT2D eigenvalue weighted by molar-refractivity contribution is 5.23. The van der Waals surface area contributed by atoms with Crippen LogP contribution in [0.1, 0.15) is 37.9 Å². The lowest BCUT2D eigenvalue weighted by atomic mass is 10.1. The third-order valence-electron chi connectivity index (χ3n) is 1.95. The summed E-state index contributed by atoms with van der Waals surface area (Å²) in [6, 6.07) is 8.37. The van der Waals surface area contributed by atoms with Crippen LogP contribution in [0.15, 0.2) is 34.6 Å². The van der Waals surface area contributed by atoms with Crippen LogP contribution in [0.4, 0.5) is 0 Å². The average molecular weight is 222 g/mol. The monoisotopic (exact) mass is 222 g/mol. The fourth-order valence-corrected chi connectivity index (χ4v) is 1.08. The quantitative estimate of drug-likeness (QED) is 0.607. The van der Waals surface area contributed by atoms with Crippen LogP contribution in [-0.4, -0.2) is 7.05 Å². The Morgan fingerprint density at radius 1 is 1.12 bits per heavy atom. The molecule has 2 N–H and O–H groups in total. The van der Waals surface area contributed by atoms with Crippen LogP contribution in [0.25, 0.3) is 0 Å². The number of rotatable bonds is 4. The van der Waals surface area contributed by atoms with Crippen LogP contribution in [0.2, 0.25) is 0 Å². The van der Waals surface area contributed by atoms with Gasteiger partial charge in [0.1, 0.15) is 0 Å². The van der Waals surface area contributed by atoms with Crippen molar-refractivity contribution in [3.05, 3.63) is 35.4 Å². The lowest BCUT2D eigenvalue weighted by Crippen LogP contribution is -2.20. The van der Waals surface area contributed by atoms with Gasteiger partial charge in [-0.05, 0) is 19.4 Å². The molecule has 1 atom stereocenters. The molecule has 0 heterocycles. The first-order valence-corrected chi connectivity index (χ1v) is 5.62. The summed E-state index contributed by atoms with van der Waals surface area (Å²) in [5.74, 6) is 0. The number of aryl methyl sites for hydroxylation is 1. The van der Waals surface area contributed by atoms with Gasteiger partial charge in [0.15, 0.2) is 0 Å². The molecular formula is C12H22N4. The van der Waals surface area contributed by atoms with Gasteiger partial charge in [-0.25, -0.2) is 11.0 Å². The highest BCUT2D eigenvalue weighted by atomic mass is 15.6. The van der Waals surface area contributed by atoms with E-state index < -0.39 is 0 Å². The number of hydrazine groups is 1. The van der Waals surface area contributed by atoms with E-state index in [9.17, 15) is 0 Å². The molecule has 0 aliphatic carbocycles. The van der Waals surface area contributed by atoms with E-state index in [1.807, 2.05) is 20.8 Å². The van der Waals surface area contributed by atoms with Crippen molar-refractivity contribution in [2.45, 2.75) is 33.7 Å². The fraction of sp³-hybridized carbons (Fsp3) is 0.500. The summed E-state index contributed by atoms with van der Waals surface area (Å²) in [6.07, 6.45) is 0. The first kappa shape index (κ1) is 14.6. The number of nitrogens with one attached hydrogen (secondary N) is 2. The molecule has 4 nitrogen and oxygen atoms in total. The Kier molecular flexibility index (Phi) is 8.07. The van der Waals surface area contributed by atoms with Crippen molar-refractivity contribution in [1.82, 2.24) is 11.0 Å². The molecule has 1 unspecified atom stereocenters. The van der Waals surface area contributed by atoms with Gasteiger partial charge in [-0.15, -0.1) is 0 Å². The Morgan fingerprint density at radius 2 is 1.69 bits per heavy atom. The van der Waals surface area contributed by atoms with E-state index in [0.717, 1.165) is 5.56 Å². The summed E-state index contributed by atoms with van der Waals surface area (Å²) < 4.78 is 0. The lowest BCUT2D eigenvalue weighted by Gasteiger charge is -2.05. The number of benzene rings is 1. The zero-order valence-corrected chi connectivity index (χ0v) is 10.8. The highest BCUT2D eigenvalue weighted by Gasteiger charge is 2.01. The molecule has 1 rings (SSSR count). The van der Waals surface area contributed by atoms with Crippen LogP contribution in [-0.2, 0) is 0 Å². The zero-order chi connectivity index (χ0) is 12.4. The molecule has 0 fully saturated rings. The van der Waals surface area contributed by atoms with Crippen LogP contribution >= 0.6 is 0 Å². The second-order valence-corrected chi connectivity index (χ2v) is 3.16. The molecule has 16 heavy (non-hydrogen) atoms. The molecule has 1 aromatic carbocycles. The number of nitrogens with zero attached hydrogens (tertiary/aromatic N) is 2. The summed E-state index contributed by atoms with van der Waals surface area (Å²) in [6.45, 7) is 8.07. The Labute approximate surface area is 98.1 Å². The summed E-state index contributed by atoms with van der Waals surface area (Å²) in [5.41, 5.74) is 7.66. The van der Waals surface area contributed by atoms with E-state index in [4.69, 9.17) is 0 Å². The van der Waals surface area contributed by atoms with Crippen molar-refractivity contribution >= 4 is 0 Å². The maximum absolute atomic E-state index is 4.07. The molecule has 0 bridgehead atoms. The van der Waals surface area contributed by atoms with E-state index in [1.165, 1.54) is 5.56 Å². The second-order valence-electron chi connectivity index (χ2n) is 3.16. The van der Waals surface area contributed by atoms with Crippen LogP contribution in [0.3, 0.4) is 0 Å². The third kappa shape index (κ3) is 5.46. The Morgan fingerprint density at radius 3 is 2.19 bits per heavy atom. The van der Waals surface area contributed by atoms with Crippen LogP contribution in [0, 0.1) is 6.92 Å². The predicted molar refractivity (Wildman–Crippen MR) is 68.0 cm³/mol. The normalized spacial score (nSPS) is 11.8. The van der Waals surface area contributed by atoms with Crippen molar-refractivity contribution in [1.29, 1.82) is 0 Å². The van der Waals surface area contributed by atoms with Gasteiger partial charge in [0, 0.05) is 7.05 Å². The molecule has 0 spiro atoms. The fourth-order valence-electron chi connectivity index (χ4n) is 1.08. The third-order valence-corrected chi connectivity index (χ3v) is 1.95. The second kappa shape index (κ2) is 8.85. The average Bonchev–Trinajstić information content (AvgIpc) is 2.33. The molecule has 0 aliphatic heterocycles. The summed E-state index contributed by atoms with van der Waals surface area (Å²) >= 11 is 0.